The average molecular weight is 199 g/mol. The lowest BCUT2D eigenvalue weighted by Gasteiger charge is -2.21. The van der Waals surface area contributed by atoms with E-state index >= 15 is 0 Å². The van der Waals surface area contributed by atoms with Gasteiger partial charge in [-0.3, -0.25) is 14.8 Å². The van der Waals surface area contributed by atoms with Crippen molar-refractivity contribution in [3.05, 3.63) is 22.0 Å². The summed E-state index contributed by atoms with van der Waals surface area (Å²) in [5, 5.41) is 23.6. The molecule has 6 heteroatoms. The van der Waals surface area contributed by atoms with Crippen LogP contribution < -0.4 is 0 Å². The second kappa shape index (κ2) is 3.38. The Morgan fingerprint density at radius 3 is 2.64 bits per heavy atom. The molecule has 1 aromatic rings. The molecule has 1 N–H and O–H groups in total. The predicted molar refractivity (Wildman–Crippen MR) is 50.0 cm³/mol. The molecule has 0 saturated carbocycles. The van der Waals surface area contributed by atoms with Crippen LogP contribution in [0.1, 0.15) is 19.5 Å². The number of aliphatic hydroxyl groups is 1. The first-order chi connectivity index (χ1) is 6.38. The van der Waals surface area contributed by atoms with Crippen molar-refractivity contribution >= 4 is 5.69 Å². The summed E-state index contributed by atoms with van der Waals surface area (Å²) in [5.74, 6) is 0. The van der Waals surface area contributed by atoms with E-state index in [-0.39, 0.29) is 12.3 Å². The van der Waals surface area contributed by atoms with E-state index in [4.69, 9.17) is 5.11 Å². The quantitative estimate of drug-likeness (QED) is 0.577. The van der Waals surface area contributed by atoms with Gasteiger partial charge < -0.3 is 5.11 Å². The van der Waals surface area contributed by atoms with Crippen LogP contribution in [-0.2, 0) is 5.54 Å². The fraction of sp³-hybridized carbons (Fsp3) is 0.625. The van der Waals surface area contributed by atoms with Crippen LogP contribution >= 0.6 is 0 Å². The number of hydrogen-bond acceptors (Lipinski definition) is 4. The summed E-state index contributed by atoms with van der Waals surface area (Å²) in [5.41, 5.74) is -0.276. The Morgan fingerprint density at radius 1 is 1.71 bits per heavy atom. The third-order valence-corrected chi connectivity index (χ3v) is 2.08. The zero-order chi connectivity index (χ0) is 10.9. The summed E-state index contributed by atoms with van der Waals surface area (Å²) >= 11 is 0. The van der Waals surface area contributed by atoms with E-state index in [9.17, 15) is 10.1 Å². The van der Waals surface area contributed by atoms with Crippen LogP contribution in [0.5, 0.6) is 0 Å². The summed E-state index contributed by atoms with van der Waals surface area (Å²) in [7, 11) is 0. The molecule has 78 valence electrons. The minimum atomic E-state index is -0.612. The summed E-state index contributed by atoms with van der Waals surface area (Å²) in [4.78, 5) is 10.1. The average Bonchev–Trinajstić information content (AvgIpc) is 2.48. The third-order valence-electron chi connectivity index (χ3n) is 2.08. The molecule has 1 heterocycles. The van der Waals surface area contributed by atoms with Crippen molar-refractivity contribution in [3.8, 4) is 0 Å². The highest BCUT2D eigenvalue weighted by Crippen LogP contribution is 2.21. The Bertz CT molecular complexity index is 357. The highest BCUT2D eigenvalue weighted by atomic mass is 16.6. The van der Waals surface area contributed by atoms with E-state index in [0.29, 0.717) is 5.69 Å². The smallest absolute Gasteiger partial charge is 0.309 e. The first-order valence-corrected chi connectivity index (χ1v) is 4.20. The number of nitro groups is 1. The lowest BCUT2D eigenvalue weighted by atomic mass is 10.1. The second-order valence-corrected chi connectivity index (χ2v) is 3.77. The van der Waals surface area contributed by atoms with Crippen LogP contribution in [0.25, 0.3) is 0 Å². The Kier molecular flexibility index (Phi) is 2.57. The van der Waals surface area contributed by atoms with Crippen LogP contribution in [-0.4, -0.2) is 26.4 Å². The van der Waals surface area contributed by atoms with Gasteiger partial charge in [0.05, 0.1) is 17.1 Å². The number of aromatic nitrogens is 2. The third kappa shape index (κ3) is 1.74. The Balaban J connectivity index is 3.15. The molecular weight excluding hydrogens is 186 g/mol. The molecule has 0 amide bonds. The molecular formula is C8H13N3O3. The maximum Gasteiger partial charge on any atom is 0.309 e. The highest BCUT2D eigenvalue weighted by Gasteiger charge is 2.25. The van der Waals surface area contributed by atoms with Gasteiger partial charge >= 0.3 is 5.69 Å². The van der Waals surface area contributed by atoms with Crippen molar-refractivity contribution in [1.82, 2.24) is 9.78 Å². The SMILES string of the molecule is Cc1nn(C(C)(C)CO)cc1[N+](=O)[O-]. The Hall–Kier alpha value is -1.43. The molecule has 0 atom stereocenters. The van der Waals surface area contributed by atoms with Gasteiger partial charge in [0.1, 0.15) is 11.9 Å². The fourth-order valence-corrected chi connectivity index (χ4v) is 1.01. The van der Waals surface area contributed by atoms with Gasteiger partial charge in [0, 0.05) is 0 Å². The summed E-state index contributed by atoms with van der Waals surface area (Å²) in [6.45, 7) is 4.96. The molecule has 0 unspecified atom stereocenters. The maximum atomic E-state index is 10.5. The van der Waals surface area contributed by atoms with E-state index in [2.05, 4.69) is 5.10 Å². The zero-order valence-corrected chi connectivity index (χ0v) is 8.39. The predicted octanol–water partition coefficient (Wildman–Crippen LogP) is 0.827. The number of aliphatic hydroxyl groups excluding tert-OH is 1. The van der Waals surface area contributed by atoms with Gasteiger partial charge in [-0.1, -0.05) is 0 Å². The van der Waals surface area contributed by atoms with Crippen molar-refractivity contribution in [2.75, 3.05) is 6.61 Å². The first-order valence-electron chi connectivity index (χ1n) is 4.20. The first kappa shape index (κ1) is 10.6. The molecule has 0 aliphatic heterocycles. The number of rotatable bonds is 3. The molecule has 0 aliphatic rings. The zero-order valence-electron chi connectivity index (χ0n) is 8.39. The standard InChI is InChI=1S/C8H13N3O3/c1-6-7(11(13)14)4-10(9-6)8(2,3)5-12/h4,12H,5H2,1-3H3. The fourth-order valence-electron chi connectivity index (χ4n) is 1.01. The molecule has 0 radical (unpaired) electrons. The number of hydrogen-bond donors (Lipinski definition) is 1. The van der Waals surface area contributed by atoms with Crippen LogP contribution in [0.15, 0.2) is 6.20 Å². The molecule has 0 aliphatic carbocycles. The molecule has 0 fully saturated rings. The van der Waals surface area contributed by atoms with Crippen LogP contribution in [0, 0.1) is 17.0 Å². The van der Waals surface area contributed by atoms with Gasteiger partial charge in [-0.25, -0.2) is 0 Å². The van der Waals surface area contributed by atoms with E-state index < -0.39 is 10.5 Å². The van der Waals surface area contributed by atoms with Crippen LogP contribution in [0.2, 0.25) is 0 Å². The minimum absolute atomic E-state index is 0.0217. The molecule has 0 saturated heterocycles. The van der Waals surface area contributed by atoms with Gasteiger partial charge in [-0.15, -0.1) is 0 Å². The molecule has 0 aromatic carbocycles. The molecule has 14 heavy (non-hydrogen) atoms. The van der Waals surface area contributed by atoms with Gasteiger partial charge in [0.15, 0.2) is 0 Å². The summed E-state index contributed by atoms with van der Waals surface area (Å²) < 4.78 is 1.42. The van der Waals surface area contributed by atoms with E-state index in [1.54, 1.807) is 20.8 Å². The van der Waals surface area contributed by atoms with Gasteiger partial charge in [0.25, 0.3) is 0 Å². The lowest BCUT2D eigenvalue weighted by Crippen LogP contribution is -2.30. The summed E-state index contributed by atoms with van der Waals surface area (Å²) in [6, 6.07) is 0. The van der Waals surface area contributed by atoms with Crippen molar-refractivity contribution in [1.29, 1.82) is 0 Å². The maximum absolute atomic E-state index is 10.5. The number of nitrogens with zero attached hydrogens (tertiary/aromatic N) is 3. The van der Waals surface area contributed by atoms with E-state index in [0.717, 1.165) is 0 Å². The van der Waals surface area contributed by atoms with Crippen molar-refractivity contribution < 1.29 is 10.0 Å². The minimum Gasteiger partial charge on any atom is -0.394 e. The van der Waals surface area contributed by atoms with E-state index in [1.165, 1.54) is 10.9 Å². The van der Waals surface area contributed by atoms with Crippen LogP contribution in [0.4, 0.5) is 5.69 Å². The summed E-state index contributed by atoms with van der Waals surface area (Å²) in [6.07, 6.45) is 1.34. The van der Waals surface area contributed by atoms with Crippen molar-refractivity contribution in [3.63, 3.8) is 0 Å². The Labute approximate surface area is 81.3 Å². The topological polar surface area (TPSA) is 81.2 Å². The van der Waals surface area contributed by atoms with Gasteiger partial charge in [-0.05, 0) is 20.8 Å². The largest absolute Gasteiger partial charge is 0.394 e. The van der Waals surface area contributed by atoms with Gasteiger partial charge in [0.2, 0.25) is 0 Å². The molecule has 0 spiro atoms. The van der Waals surface area contributed by atoms with Crippen molar-refractivity contribution in [2.45, 2.75) is 26.3 Å². The molecule has 0 bridgehead atoms. The monoisotopic (exact) mass is 199 g/mol. The van der Waals surface area contributed by atoms with Gasteiger partial charge in [-0.2, -0.15) is 5.10 Å². The highest BCUT2D eigenvalue weighted by molar-refractivity contribution is 5.31. The molecule has 1 rings (SSSR count). The molecule has 6 nitrogen and oxygen atoms in total. The van der Waals surface area contributed by atoms with E-state index in [1.807, 2.05) is 0 Å². The second-order valence-electron chi connectivity index (χ2n) is 3.77. The molecule has 1 aromatic heterocycles. The van der Waals surface area contributed by atoms with Crippen LogP contribution in [0.3, 0.4) is 0 Å². The van der Waals surface area contributed by atoms with Crippen molar-refractivity contribution in [2.24, 2.45) is 0 Å². The normalized spacial score (nSPS) is 11.7. The lowest BCUT2D eigenvalue weighted by molar-refractivity contribution is -0.385. The number of aryl methyl sites for hydroxylation is 1. The Morgan fingerprint density at radius 2 is 2.29 bits per heavy atom.